The van der Waals surface area contributed by atoms with Gasteiger partial charge in [0.25, 0.3) is 0 Å². The van der Waals surface area contributed by atoms with Crippen molar-refractivity contribution in [3.63, 3.8) is 0 Å². The van der Waals surface area contributed by atoms with Crippen LogP contribution in [0.2, 0.25) is 5.02 Å². The van der Waals surface area contributed by atoms with Gasteiger partial charge in [-0.05, 0) is 42.7 Å². The van der Waals surface area contributed by atoms with E-state index in [-0.39, 0.29) is 5.56 Å². The number of hydrogen-bond donors (Lipinski definition) is 2. The molecule has 1 aromatic carbocycles. The molecular formula is C16H17ClN2O2. The van der Waals surface area contributed by atoms with E-state index in [4.69, 9.17) is 16.7 Å². The molecule has 0 fully saturated rings. The number of carboxylic acids is 1. The summed E-state index contributed by atoms with van der Waals surface area (Å²) in [5.41, 5.74) is 2.19. The maximum atomic E-state index is 11.1. The number of pyridine rings is 1. The van der Waals surface area contributed by atoms with Crippen LogP contribution in [0.5, 0.6) is 0 Å². The monoisotopic (exact) mass is 304 g/mol. The van der Waals surface area contributed by atoms with E-state index in [0.29, 0.717) is 18.8 Å². The number of aromatic nitrogens is 1. The number of anilines is 1. The van der Waals surface area contributed by atoms with Crippen LogP contribution < -0.4 is 5.32 Å². The summed E-state index contributed by atoms with van der Waals surface area (Å²) in [5, 5.41) is 13.0. The van der Waals surface area contributed by atoms with E-state index in [9.17, 15) is 4.79 Å². The molecule has 0 aliphatic carbocycles. The van der Waals surface area contributed by atoms with Crippen molar-refractivity contribution in [2.75, 3.05) is 11.9 Å². The van der Waals surface area contributed by atoms with Crippen molar-refractivity contribution in [2.24, 2.45) is 0 Å². The van der Waals surface area contributed by atoms with Gasteiger partial charge in [-0.1, -0.05) is 30.7 Å². The average molecular weight is 305 g/mol. The standard InChI is InChI=1S/C16H17ClN2O2/c1-2-14-9-12(16(20)21)10-15(19-14)18-8-7-11-3-5-13(17)6-4-11/h3-6,9-10H,2,7-8H2,1H3,(H,18,19)(H,20,21). The minimum atomic E-state index is -0.937. The van der Waals surface area contributed by atoms with Crippen LogP contribution in [0, 0.1) is 0 Å². The third-order valence-corrected chi connectivity index (χ3v) is 3.37. The lowest BCUT2D eigenvalue weighted by molar-refractivity contribution is 0.0696. The first kappa shape index (κ1) is 15.3. The van der Waals surface area contributed by atoms with Crippen molar-refractivity contribution in [1.29, 1.82) is 0 Å². The Hall–Kier alpha value is -2.07. The van der Waals surface area contributed by atoms with Gasteiger partial charge in [0.15, 0.2) is 0 Å². The van der Waals surface area contributed by atoms with Gasteiger partial charge in [-0.3, -0.25) is 0 Å². The normalized spacial score (nSPS) is 10.4. The summed E-state index contributed by atoms with van der Waals surface area (Å²) < 4.78 is 0. The summed E-state index contributed by atoms with van der Waals surface area (Å²) in [7, 11) is 0. The van der Waals surface area contributed by atoms with E-state index in [1.54, 1.807) is 12.1 Å². The van der Waals surface area contributed by atoms with Gasteiger partial charge in [0.05, 0.1) is 5.56 Å². The Morgan fingerprint density at radius 1 is 1.29 bits per heavy atom. The molecule has 0 radical (unpaired) electrons. The van der Waals surface area contributed by atoms with E-state index in [1.807, 2.05) is 31.2 Å². The van der Waals surface area contributed by atoms with E-state index in [1.165, 1.54) is 0 Å². The van der Waals surface area contributed by atoms with Crippen molar-refractivity contribution in [2.45, 2.75) is 19.8 Å². The second-order valence-corrected chi connectivity index (χ2v) is 5.13. The highest BCUT2D eigenvalue weighted by atomic mass is 35.5. The minimum Gasteiger partial charge on any atom is -0.478 e. The fraction of sp³-hybridized carbons (Fsp3) is 0.250. The molecular weight excluding hydrogens is 288 g/mol. The number of carboxylic acid groups (broad SMARTS) is 1. The first-order valence-corrected chi connectivity index (χ1v) is 7.19. The predicted molar refractivity (Wildman–Crippen MR) is 84.2 cm³/mol. The zero-order valence-corrected chi connectivity index (χ0v) is 12.5. The zero-order chi connectivity index (χ0) is 15.2. The minimum absolute atomic E-state index is 0.260. The van der Waals surface area contributed by atoms with E-state index in [2.05, 4.69) is 10.3 Å². The van der Waals surface area contributed by atoms with Gasteiger partial charge >= 0.3 is 5.97 Å². The lowest BCUT2D eigenvalue weighted by atomic mass is 10.1. The van der Waals surface area contributed by atoms with Crippen LogP contribution in [0.1, 0.15) is 28.5 Å². The molecule has 0 aliphatic heterocycles. The van der Waals surface area contributed by atoms with Crippen molar-refractivity contribution in [3.8, 4) is 0 Å². The van der Waals surface area contributed by atoms with Crippen LogP contribution in [0.3, 0.4) is 0 Å². The molecule has 2 aromatic rings. The number of halogens is 1. The van der Waals surface area contributed by atoms with Crippen molar-refractivity contribution >= 4 is 23.4 Å². The SMILES string of the molecule is CCc1cc(C(=O)O)cc(NCCc2ccc(Cl)cc2)n1. The lowest BCUT2D eigenvalue weighted by Gasteiger charge is -2.08. The highest BCUT2D eigenvalue weighted by Crippen LogP contribution is 2.13. The highest BCUT2D eigenvalue weighted by molar-refractivity contribution is 6.30. The van der Waals surface area contributed by atoms with Gasteiger partial charge in [-0.25, -0.2) is 9.78 Å². The van der Waals surface area contributed by atoms with Crippen LogP contribution in [0.25, 0.3) is 0 Å². The molecule has 0 unspecified atom stereocenters. The molecule has 110 valence electrons. The fourth-order valence-electron chi connectivity index (χ4n) is 1.97. The van der Waals surface area contributed by atoms with Gasteiger partial charge in [-0.15, -0.1) is 0 Å². The predicted octanol–water partition coefficient (Wildman–Crippen LogP) is 3.65. The maximum Gasteiger partial charge on any atom is 0.335 e. The number of hydrogen-bond acceptors (Lipinski definition) is 3. The molecule has 1 heterocycles. The number of aryl methyl sites for hydroxylation is 1. The molecule has 1 aromatic heterocycles. The van der Waals surface area contributed by atoms with Gasteiger partial charge < -0.3 is 10.4 Å². The summed E-state index contributed by atoms with van der Waals surface area (Å²) in [6.07, 6.45) is 1.52. The summed E-state index contributed by atoms with van der Waals surface area (Å²) in [6, 6.07) is 10.8. The Balaban J connectivity index is 2.00. The van der Waals surface area contributed by atoms with E-state index in [0.717, 1.165) is 22.7 Å². The Kier molecular flexibility index (Phi) is 5.17. The Bertz CT molecular complexity index is 627. The smallest absolute Gasteiger partial charge is 0.335 e. The molecule has 0 bridgehead atoms. The summed E-state index contributed by atoms with van der Waals surface area (Å²) >= 11 is 5.84. The number of nitrogens with one attached hydrogen (secondary N) is 1. The fourth-order valence-corrected chi connectivity index (χ4v) is 2.09. The number of rotatable bonds is 6. The Morgan fingerprint density at radius 3 is 2.62 bits per heavy atom. The summed E-state index contributed by atoms with van der Waals surface area (Å²) in [4.78, 5) is 15.5. The van der Waals surface area contributed by atoms with Crippen LogP contribution in [-0.2, 0) is 12.8 Å². The molecule has 0 amide bonds. The maximum absolute atomic E-state index is 11.1. The van der Waals surface area contributed by atoms with E-state index >= 15 is 0 Å². The molecule has 5 heteroatoms. The van der Waals surface area contributed by atoms with Crippen molar-refractivity contribution < 1.29 is 9.90 Å². The van der Waals surface area contributed by atoms with Crippen LogP contribution >= 0.6 is 11.6 Å². The van der Waals surface area contributed by atoms with Crippen molar-refractivity contribution in [1.82, 2.24) is 4.98 Å². The van der Waals surface area contributed by atoms with Crippen molar-refractivity contribution in [3.05, 3.63) is 58.2 Å². The van der Waals surface area contributed by atoms with Gasteiger partial charge in [0, 0.05) is 17.3 Å². The second kappa shape index (κ2) is 7.09. The first-order valence-electron chi connectivity index (χ1n) is 6.81. The van der Waals surface area contributed by atoms with Crippen LogP contribution in [-0.4, -0.2) is 22.6 Å². The summed E-state index contributed by atoms with van der Waals surface area (Å²) in [6.45, 7) is 2.63. The molecule has 4 nitrogen and oxygen atoms in total. The zero-order valence-electron chi connectivity index (χ0n) is 11.8. The number of carbonyl (C=O) groups is 1. The third kappa shape index (κ3) is 4.46. The van der Waals surface area contributed by atoms with E-state index < -0.39 is 5.97 Å². The second-order valence-electron chi connectivity index (χ2n) is 4.69. The molecule has 0 saturated heterocycles. The molecule has 2 N–H and O–H groups in total. The first-order chi connectivity index (χ1) is 10.1. The molecule has 2 rings (SSSR count). The Morgan fingerprint density at radius 2 is 2.00 bits per heavy atom. The Labute approximate surface area is 128 Å². The molecule has 0 aliphatic rings. The average Bonchev–Trinajstić information content (AvgIpc) is 2.49. The van der Waals surface area contributed by atoms with Gasteiger partial charge in [0.2, 0.25) is 0 Å². The highest BCUT2D eigenvalue weighted by Gasteiger charge is 2.07. The largest absolute Gasteiger partial charge is 0.478 e. The van der Waals surface area contributed by atoms with Crippen LogP contribution in [0.15, 0.2) is 36.4 Å². The molecule has 21 heavy (non-hydrogen) atoms. The lowest BCUT2D eigenvalue weighted by Crippen LogP contribution is -2.09. The quantitative estimate of drug-likeness (QED) is 0.855. The number of benzene rings is 1. The van der Waals surface area contributed by atoms with Gasteiger partial charge in [-0.2, -0.15) is 0 Å². The van der Waals surface area contributed by atoms with Crippen LogP contribution in [0.4, 0.5) is 5.82 Å². The topological polar surface area (TPSA) is 62.2 Å². The molecule has 0 spiro atoms. The molecule has 0 saturated carbocycles. The van der Waals surface area contributed by atoms with Gasteiger partial charge in [0.1, 0.15) is 5.82 Å². The third-order valence-electron chi connectivity index (χ3n) is 3.12. The summed E-state index contributed by atoms with van der Waals surface area (Å²) in [5.74, 6) is -0.339. The number of nitrogens with zero attached hydrogens (tertiary/aromatic N) is 1. The number of aromatic carboxylic acids is 1. The molecule has 0 atom stereocenters.